The summed E-state index contributed by atoms with van der Waals surface area (Å²) in [5, 5.41) is 12.9. The van der Waals surface area contributed by atoms with Crippen LogP contribution >= 0.6 is 0 Å². The molecule has 0 spiro atoms. The Morgan fingerprint density at radius 1 is 0.828 bits per heavy atom. The monoisotopic (exact) mass is 407 g/mol. The van der Waals surface area contributed by atoms with E-state index in [4.69, 9.17) is 0 Å². The fourth-order valence-corrected chi connectivity index (χ4v) is 4.72. The zero-order chi connectivity index (χ0) is 21.0. The van der Waals surface area contributed by atoms with E-state index in [1.54, 1.807) is 0 Å². The van der Waals surface area contributed by atoms with Gasteiger partial charge in [0.1, 0.15) is 12.7 Å². The Balaban J connectivity index is 1.83. The molecule has 3 nitrogen and oxygen atoms in total. The molecule has 1 aliphatic rings. The third-order valence-corrected chi connectivity index (χ3v) is 6.77. The molecule has 0 aromatic carbocycles. The summed E-state index contributed by atoms with van der Waals surface area (Å²) in [6.45, 7) is 8.18. The van der Waals surface area contributed by atoms with Gasteiger partial charge in [0.25, 0.3) is 0 Å². The van der Waals surface area contributed by atoms with Gasteiger partial charge in [-0.05, 0) is 26.2 Å². The van der Waals surface area contributed by atoms with Crippen LogP contribution in [0.15, 0.2) is 25.1 Å². The van der Waals surface area contributed by atoms with Gasteiger partial charge in [-0.25, -0.2) is 0 Å². The molecule has 0 saturated heterocycles. The Kier molecular flexibility index (Phi) is 16.3. The Labute approximate surface area is 182 Å². The number of nitrogens with one attached hydrogen (secondary N) is 1. The van der Waals surface area contributed by atoms with E-state index in [1.807, 2.05) is 6.08 Å². The molecule has 0 aromatic heterocycles. The molecule has 0 fully saturated rings. The Morgan fingerprint density at radius 2 is 1.31 bits per heavy atom. The zero-order valence-corrected chi connectivity index (χ0v) is 19.6. The number of likely N-dealkylation sites (N-methyl/N-ethyl adjacent to an activating group) is 1. The summed E-state index contributed by atoms with van der Waals surface area (Å²) < 4.78 is 0.909. The first-order chi connectivity index (χ1) is 14.3. The van der Waals surface area contributed by atoms with Crippen molar-refractivity contribution < 1.29 is 9.59 Å². The molecule has 0 radical (unpaired) electrons. The number of quaternary nitrogens is 1. The van der Waals surface area contributed by atoms with Gasteiger partial charge in [0, 0.05) is 6.42 Å². The van der Waals surface area contributed by atoms with Gasteiger partial charge in [-0.2, -0.15) is 0 Å². The van der Waals surface area contributed by atoms with Gasteiger partial charge in [-0.3, -0.25) is 4.48 Å². The molecule has 2 atom stereocenters. The second-order valence-electron chi connectivity index (χ2n) is 9.03. The number of hydrogen-bond donors (Lipinski definition) is 2. The van der Waals surface area contributed by atoms with E-state index in [-0.39, 0.29) is 6.61 Å². The number of allylic oxidation sites excluding steroid dienone is 1. The highest BCUT2D eigenvalue weighted by atomic mass is 16.3. The lowest BCUT2D eigenvalue weighted by Crippen LogP contribution is -2.54. The van der Waals surface area contributed by atoms with E-state index >= 15 is 0 Å². The molecule has 0 saturated carbocycles. The lowest BCUT2D eigenvalue weighted by molar-refractivity contribution is -0.900. The standard InChI is InChI=1S/C26H51N2O/c1-3-5-6-7-8-9-10-11-12-13-14-15-16-17-18-19-20-21-26-27-22-23-28(26,4-2)24-25-29/h3,22-23,26-27,29H,1,4-21,24-25H2,2H3/q+1. The Hall–Kier alpha value is -0.800. The van der Waals surface area contributed by atoms with Crippen LogP contribution in [-0.2, 0) is 0 Å². The van der Waals surface area contributed by atoms with Crippen molar-refractivity contribution in [3.8, 4) is 0 Å². The molecule has 2 N–H and O–H groups in total. The molecule has 0 aromatic rings. The third-order valence-electron chi connectivity index (χ3n) is 6.77. The van der Waals surface area contributed by atoms with E-state index in [1.165, 1.54) is 109 Å². The minimum atomic E-state index is 0.270. The highest BCUT2D eigenvalue weighted by molar-refractivity contribution is 4.84. The molecule has 170 valence electrons. The number of nitrogens with zero attached hydrogens (tertiary/aromatic N) is 1. The third kappa shape index (κ3) is 11.8. The maximum Gasteiger partial charge on any atom is 0.166 e. The summed E-state index contributed by atoms with van der Waals surface area (Å²) >= 11 is 0. The van der Waals surface area contributed by atoms with E-state index in [9.17, 15) is 5.11 Å². The lowest BCUT2D eigenvalue weighted by atomic mass is 10.0. The minimum absolute atomic E-state index is 0.270. The smallest absolute Gasteiger partial charge is 0.166 e. The topological polar surface area (TPSA) is 32.3 Å². The van der Waals surface area contributed by atoms with Crippen molar-refractivity contribution in [1.82, 2.24) is 5.32 Å². The van der Waals surface area contributed by atoms with E-state index in [2.05, 4.69) is 31.2 Å². The van der Waals surface area contributed by atoms with Crippen molar-refractivity contribution in [2.75, 3.05) is 19.7 Å². The molecule has 1 aliphatic heterocycles. The number of unbranched alkanes of at least 4 members (excludes halogenated alkanes) is 15. The number of rotatable bonds is 21. The van der Waals surface area contributed by atoms with Crippen molar-refractivity contribution in [3.05, 3.63) is 25.1 Å². The van der Waals surface area contributed by atoms with Crippen molar-refractivity contribution in [2.24, 2.45) is 0 Å². The number of aliphatic hydroxyl groups is 1. The van der Waals surface area contributed by atoms with Crippen LogP contribution in [0.3, 0.4) is 0 Å². The molecule has 29 heavy (non-hydrogen) atoms. The summed E-state index contributed by atoms with van der Waals surface area (Å²) in [7, 11) is 0. The quantitative estimate of drug-likeness (QED) is 0.122. The van der Waals surface area contributed by atoms with Crippen LogP contribution < -0.4 is 5.32 Å². The molecular formula is C26H51N2O+. The zero-order valence-electron chi connectivity index (χ0n) is 19.6. The van der Waals surface area contributed by atoms with Crippen LogP contribution in [0.5, 0.6) is 0 Å². The van der Waals surface area contributed by atoms with Crippen molar-refractivity contribution in [1.29, 1.82) is 0 Å². The van der Waals surface area contributed by atoms with Gasteiger partial charge in [0.2, 0.25) is 0 Å². The average molecular weight is 408 g/mol. The highest BCUT2D eigenvalue weighted by Gasteiger charge is 2.35. The summed E-state index contributed by atoms with van der Waals surface area (Å²) in [5.41, 5.74) is 0. The fourth-order valence-electron chi connectivity index (χ4n) is 4.72. The van der Waals surface area contributed by atoms with Crippen molar-refractivity contribution in [2.45, 2.75) is 122 Å². The predicted molar refractivity (Wildman–Crippen MR) is 128 cm³/mol. The molecule has 0 amide bonds. The lowest BCUT2D eigenvalue weighted by Gasteiger charge is -2.36. The summed E-state index contributed by atoms with van der Waals surface area (Å²) in [6, 6.07) is 0. The SMILES string of the molecule is C=CCCCCCCCCCCCCCCCCCC1NC=C[N+]1(CC)CCO. The Bertz CT molecular complexity index is 410. The molecule has 2 unspecified atom stereocenters. The maximum atomic E-state index is 9.38. The Morgan fingerprint density at radius 3 is 1.76 bits per heavy atom. The molecule has 1 rings (SSSR count). The number of aliphatic hydroxyl groups excluding tert-OH is 1. The predicted octanol–water partition coefficient (Wildman–Crippen LogP) is 7.03. The van der Waals surface area contributed by atoms with Crippen LogP contribution in [0.25, 0.3) is 0 Å². The largest absolute Gasteiger partial charge is 0.390 e. The van der Waals surface area contributed by atoms with Crippen LogP contribution in [0.2, 0.25) is 0 Å². The normalized spacial score (nSPS) is 20.8. The summed E-state index contributed by atoms with van der Waals surface area (Å²) in [6.07, 6.45) is 30.4. The van der Waals surface area contributed by atoms with Crippen LogP contribution in [0.1, 0.15) is 116 Å². The first-order valence-electron chi connectivity index (χ1n) is 12.8. The molecule has 3 heteroatoms. The van der Waals surface area contributed by atoms with Gasteiger partial charge in [0.15, 0.2) is 6.17 Å². The van der Waals surface area contributed by atoms with E-state index in [0.717, 1.165) is 17.6 Å². The second kappa shape index (κ2) is 18.0. The number of hydrogen-bond acceptors (Lipinski definition) is 2. The van der Waals surface area contributed by atoms with Gasteiger partial charge in [-0.1, -0.05) is 89.5 Å². The van der Waals surface area contributed by atoms with Crippen LogP contribution in [0.4, 0.5) is 0 Å². The molecule has 0 bridgehead atoms. The van der Waals surface area contributed by atoms with Gasteiger partial charge in [-0.15, -0.1) is 6.58 Å². The van der Waals surface area contributed by atoms with Gasteiger partial charge < -0.3 is 10.4 Å². The van der Waals surface area contributed by atoms with Gasteiger partial charge in [0.05, 0.1) is 19.4 Å². The average Bonchev–Trinajstić information content (AvgIpc) is 3.13. The van der Waals surface area contributed by atoms with Crippen LogP contribution in [-0.4, -0.2) is 35.5 Å². The minimum Gasteiger partial charge on any atom is -0.390 e. The fraction of sp³-hybridized carbons (Fsp3) is 0.846. The van der Waals surface area contributed by atoms with E-state index in [0.29, 0.717) is 6.17 Å². The first-order valence-corrected chi connectivity index (χ1v) is 12.8. The van der Waals surface area contributed by atoms with E-state index < -0.39 is 0 Å². The first kappa shape index (κ1) is 26.2. The van der Waals surface area contributed by atoms with Crippen LogP contribution in [0, 0.1) is 0 Å². The summed E-state index contributed by atoms with van der Waals surface area (Å²) in [5.74, 6) is 0. The highest BCUT2D eigenvalue weighted by Crippen LogP contribution is 2.23. The second-order valence-corrected chi connectivity index (χ2v) is 9.03. The van der Waals surface area contributed by atoms with Gasteiger partial charge >= 0.3 is 0 Å². The van der Waals surface area contributed by atoms with Crippen molar-refractivity contribution in [3.63, 3.8) is 0 Å². The molecule has 1 heterocycles. The molecule has 0 aliphatic carbocycles. The summed E-state index contributed by atoms with van der Waals surface area (Å²) in [4.78, 5) is 0. The molecular weight excluding hydrogens is 356 g/mol. The maximum absolute atomic E-state index is 9.38. The van der Waals surface area contributed by atoms with Crippen molar-refractivity contribution >= 4 is 0 Å².